The number of ether oxygens (including phenoxy) is 2. The summed E-state index contributed by atoms with van der Waals surface area (Å²) in [5, 5.41) is 10.4. The molecule has 0 aliphatic rings. The molecule has 1 aromatic heterocycles. The molecule has 0 saturated carbocycles. The van der Waals surface area contributed by atoms with Crippen molar-refractivity contribution < 1.29 is 13.9 Å². The highest BCUT2D eigenvalue weighted by Gasteiger charge is 2.22. The normalized spacial score (nSPS) is 10.8. The van der Waals surface area contributed by atoms with Crippen LogP contribution in [0.4, 0.5) is 5.88 Å². The average Bonchev–Trinajstić information content (AvgIpc) is 3.22. The van der Waals surface area contributed by atoms with Crippen molar-refractivity contribution in [3.05, 3.63) is 88.9 Å². The van der Waals surface area contributed by atoms with Crippen molar-refractivity contribution in [2.45, 2.75) is 0 Å². The van der Waals surface area contributed by atoms with Crippen LogP contribution in [0.5, 0.6) is 11.5 Å². The lowest BCUT2D eigenvalue weighted by Gasteiger charge is -2.09. The molecule has 0 unspecified atom stereocenters. The largest absolute Gasteiger partial charge is 0.493 e. The lowest BCUT2D eigenvalue weighted by molar-refractivity contribution is 0.355. The lowest BCUT2D eigenvalue weighted by atomic mass is 9.98. The summed E-state index contributed by atoms with van der Waals surface area (Å²) in [5.41, 5.74) is 3.38. The Morgan fingerprint density at radius 3 is 2.09 bits per heavy atom. The Morgan fingerprint density at radius 2 is 1.50 bits per heavy atom. The van der Waals surface area contributed by atoms with Crippen molar-refractivity contribution in [3.8, 4) is 40.0 Å². The van der Waals surface area contributed by atoms with Gasteiger partial charge in [-0.05, 0) is 11.6 Å². The molecule has 0 N–H and O–H groups in total. The molecule has 0 spiro atoms. The summed E-state index contributed by atoms with van der Waals surface area (Å²) in [7, 11) is 3.09. The third-order valence-electron chi connectivity index (χ3n) is 4.92. The van der Waals surface area contributed by atoms with Gasteiger partial charge in [0.05, 0.1) is 19.2 Å². The molecule has 0 amide bonds. The smallest absolute Gasteiger partial charge is 0.238 e. The second kappa shape index (κ2) is 9.42. The van der Waals surface area contributed by atoms with E-state index in [-0.39, 0.29) is 5.88 Å². The van der Waals surface area contributed by atoms with Gasteiger partial charge in [0.25, 0.3) is 0 Å². The van der Waals surface area contributed by atoms with Crippen LogP contribution in [0, 0.1) is 11.3 Å². The molecular weight excluding hydrogens is 424 g/mol. The van der Waals surface area contributed by atoms with Crippen LogP contribution in [0.1, 0.15) is 11.1 Å². The fourth-order valence-corrected chi connectivity index (χ4v) is 3.59. The highest BCUT2D eigenvalue weighted by atomic mass is 35.5. The number of hydrogen-bond acceptors (Lipinski definition) is 5. The van der Waals surface area contributed by atoms with Crippen molar-refractivity contribution in [1.82, 2.24) is 0 Å². The van der Waals surface area contributed by atoms with Gasteiger partial charge in [-0.1, -0.05) is 72.3 Å². The Bertz CT molecular complexity index is 1310. The van der Waals surface area contributed by atoms with E-state index in [2.05, 4.69) is 11.1 Å². The predicted octanol–water partition coefficient (Wildman–Crippen LogP) is 6.91. The van der Waals surface area contributed by atoms with Gasteiger partial charge >= 0.3 is 0 Å². The first-order valence-corrected chi connectivity index (χ1v) is 10.2. The van der Waals surface area contributed by atoms with Gasteiger partial charge in [-0.15, -0.1) is 0 Å². The standard InChI is InChI=1S/C26H19ClN2O3/c1-30-22-13-19(21(27)14-23(22)31-2)16-29-26-20(15-28)24(17-9-5-3-6-10-17)25(32-26)18-11-7-4-8-12-18/h3-14,16H,1-2H3. The highest BCUT2D eigenvalue weighted by Crippen LogP contribution is 2.42. The topological polar surface area (TPSA) is 67.8 Å². The predicted molar refractivity (Wildman–Crippen MR) is 126 cm³/mol. The van der Waals surface area contributed by atoms with E-state index in [0.29, 0.717) is 39.0 Å². The minimum atomic E-state index is 0.205. The quantitative estimate of drug-likeness (QED) is 0.304. The molecule has 32 heavy (non-hydrogen) atoms. The zero-order valence-corrected chi connectivity index (χ0v) is 18.3. The zero-order chi connectivity index (χ0) is 22.5. The number of hydrogen-bond donors (Lipinski definition) is 0. The second-order valence-electron chi connectivity index (χ2n) is 6.82. The Kier molecular flexibility index (Phi) is 6.25. The Morgan fingerprint density at radius 1 is 0.906 bits per heavy atom. The SMILES string of the molecule is COc1cc(Cl)c(C=Nc2oc(-c3ccccc3)c(-c3ccccc3)c2C#N)cc1OC. The summed E-state index contributed by atoms with van der Waals surface area (Å²) >= 11 is 6.38. The average molecular weight is 443 g/mol. The number of halogens is 1. The van der Waals surface area contributed by atoms with E-state index < -0.39 is 0 Å². The molecule has 6 heteroatoms. The summed E-state index contributed by atoms with van der Waals surface area (Å²) in [5.74, 6) is 1.83. The van der Waals surface area contributed by atoms with Crippen LogP contribution in [0.15, 0.2) is 82.2 Å². The zero-order valence-electron chi connectivity index (χ0n) is 17.5. The molecule has 4 aromatic rings. The van der Waals surface area contributed by atoms with Gasteiger partial charge in [-0.25, -0.2) is 4.99 Å². The molecule has 0 fully saturated rings. The Balaban J connectivity index is 1.86. The molecule has 4 rings (SSSR count). The number of rotatable bonds is 6. The van der Waals surface area contributed by atoms with E-state index >= 15 is 0 Å². The van der Waals surface area contributed by atoms with Crippen LogP contribution in [0.2, 0.25) is 5.02 Å². The number of aliphatic imine (C=N–C) groups is 1. The summed E-state index contributed by atoms with van der Waals surface area (Å²) in [4.78, 5) is 4.48. The summed E-state index contributed by atoms with van der Waals surface area (Å²) in [6, 6.07) is 24.9. The van der Waals surface area contributed by atoms with Gasteiger partial charge in [-0.2, -0.15) is 5.26 Å². The number of methoxy groups -OCH3 is 2. The molecule has 0 radical (unpaired) electrons. The number of benzene rings is 3. The fraction of sp³-hybridized carbons (Fsp3) is 0.0769. The second-order valence-corrected chi connectivity index (χ2v) is 7.22. The summed E-state index contributed by atoms with van der Waals surface area (Å²) in [6.45, 7) is 0. The number of furan rings is 1. The molecule has 0 saturated heterocycles. The fourth-order valence-electron chi connectivity index (χ4n) is 3.38. The van der Waals surface area contributed by atoms with Gasteiger partial charge in [0.2, 0.25) is 5.88 Å². The molecule has 0 aliphatic carbocycles. The van der Waals surface area contributed by atoms with Crippen LogP contribution in [-0.2, 0) is 0 Å². The lowest BCUT2D eigenvalue weighted by Crippen LogP contribution is -1.93. The monoisotopic (exact) mass is 442 g/mol. The number of nitriles is 1. The van der Waals surface area contributed by atoms with Gasteiger partial charge < -0.3 is 13.9 Å². The van der Waals surface area contributed by atoms with E-state index in [1.54, 1.807) is 32.6 Å². The van der Waals surface area contributed by atoms with E-state index in [9.17, 15) is 5.26 Å². The van der Waals surface area contributed by atoms with E-state index in [1.165, 1.54) is 0 Å². The maximum Gasteiger partial charge on any atom is 0.238 e. The van der Waals surface area contributed by atoms with Crippen molar-refractivity contribution in [2.75, 3.05) is 14.2 Å². The third-order valence-corrected chi connectivity index (χ3v) is 5.25. The van der Waals surface area contributed by atoms with Gasteiger partial charge in [0.15, 0.2) is 11.5 Å². The van der Waals surface area contributed by atoms with Gasteiger partial charge in [0.1, 0.15) is 17.4 Å². The first-order valence-electron chi connectivity index (χ1n) is 9.79. The van der Waals surface area contributed by atoms with Crippen molar-refractivity contribution >= 4 is 23.7 Å². The summed E-state index contributed by atoms with van der Waals surface area (Å²) in [6.07, 6.45) is 1.55. The molecule has 0 atom stereocenters. The van der Waals surface area contributed by atoms with Crippen LogP contribution >= 0.6 is 11.6 Å². The van der Waals surface area contributed by atoms with Crippen LogP contribution in [0.25, 0.3) is 22.5 Å². The van der Waals surface area contributed by atoms with Crippen LogP contribution in [-0.4, -0.2) is 20.4 Å². The molecule has 0 aliphatic heterocycles. The molecular formula is C26H19ClN2O3. The van der Waals surface area contributed by atoms with Crippen molar-refractivity contribution in [2.24, 2.45) is 4.99 Å². The Hall–Kier alpha value is -4.01. The first-order chi connectivity index (χ1) is 15.7. The van der Waals surface area contributed by atoms with E-state index in [1.807, 2.05) is 60.7 Å². The Labute approximate surface area is 191 Å². The van der Waals surface area contributed by atoms with Gasteiger partial charge in [0, 0.05) is 29.0 Å². The first kappa shape index (κ1) is 21.2. The maximum absolute atomic E-state index is 9.98. The number of nitrogens with zero attached hydrogens (tertiary/aromatic N) is 2. The highest BCUT2D eigenvalue weighted by molar-refractivity contribution is 6.33. The molecule has 158 valence electrons. The van der Waals surface area contributed by atoms with E-state index in [4.69, 9.17) is 25.5 Å². The summed E-state index contributed by atoms with van der Waals surface area (Å²) < 4.78 is 16.7. The van der Waals surface area contributed by atoms with Crippen LogP contribution in [0.3, 0.4) is 0 Å². The minimum Gasteiger partial charge on any atom is -0.493 e. The van der Waals surface area contributed by atoms with Crippen molar-refractivity contribution in [3.63, 3.8) is 0 Å². The molecule has 3 aromatic carbocycles. The maximum atomic E-state index is 9.98. The van der Waals surface area contributed by atoms with Crippen LogP contribution < -0.4 is 9.47 Å². The molecule has 0 bridgehead atoms. The van der Waals surface area contributed by atoms with Crippen molar-refractivity contribution in [1.29, 1.82) is 5.26 Å². The van der Waals surface area contributed by atoms with E-state index in [0.717, 1.165) is 11.1 Å². The van der Waals surface area contributed by atoms with Gasteiger partial charge in [-0.3, -0.25) is 0 Å². The molecule has 1 heterocycles. The molecule has 5 nitrogen and oxygen atoms in total. The minimum absolute atomic E-state index is 0.205. The third kappa shape index (κ3) is 4.09.